The predicted molar refractivity (Wildman–Crippen MR) is 180 cm³/mol. The van der Waals surface area contributed by atoms with Gasteiger partial charge >= 0.3 is 0 Å². The van der Waals surface area contributed by atoms with Gasteiger partial charge in [0.15, 0.2) is 5.78 Å². The Kier molecular flexibility index (Phi) is 11.4. The number of hydrogen-bond donors (Lipinski definition) is 2. The molecule has 1 atom stereocenters. The summed E-state index contributed by atoms with van der Waals surface area (Å²) in [5, 5.41) is 3.29. The lowest BCUT2D eigenvalue weighted by Gasteiger charge is -2.20. The van der Waals surface area contributed by atoms with Gasteiger partial charge in [-0.15, -0.1) is 0 Å². The monoisotopic (exact) mass is 665 g/mol. The zero-order valence-corrected chi connectivity index (χ0v) is 27.5. The van der Waals surface area contributed by atoms with Crippen molar-refractivity contribution in [1.29, 1.82) is 0 Å². The molecule has 7 nitrogen and oxygen atoms in total. The first-order valence-corrected chi connectivity index (χ1v) is 16.8. The van der Waals surface area contributed by atoms with Gasteiger partial charge in [-0.2, -0.15) is 8.42 Å². The summed E-state index contributed by atoms with van der Waals surface area (Å²) in [4.78, 5) is 26.3. The van der Waals surface area contributed by atoms with Crippen LogP contribution in [0.4, 0.5) is 10.1 Å². The van der Waals surface area contributed by atoms with Gasteiger partial charge in [0.1, 0.15) is 11.6 Å². The zero-order chi connectivity index (χ0) is 33.5. The summed E-state index contributed by atoms with van der Waals surface area (Å²) in [5.74, 6) is -1.25. The van der Waals surface area contributed by atoms with Crippen LogP contribution in [-0.4, -0.2) is 37.0 Å². The lowest BCUT2D eigenvalue weighted by atomic mass is 9.90. The fourth-order valence-electron chi connectivity index (χ4n) is 4.77. The van der Waals surface area contributed by atoms with E-state index < -0.39 is 27.6 Å². The molecule has 2 N–H and O–H groups in total. The van der Waals surface area contributed by atoms with Crippen LogP contribution in [0, 0.1) is 11.2 Å². The highest BCUT2D eigenvalue weighted by Gasteiger charge is 2.23. The summed E-state index contributed by atoms with van der Waals surface area (Å²) in [6.07, 6.45) is 0.351. The predicted octanol–water partition coefficient (Wildman–Crippen LogP) is 8.39. The van der Waals surface area contributed by atoms with E-state index in [2.05, 4.69) is 26.1 Å². The van der Waals surface area contributed by atoms with Crippen LogP contribution < -0.4 is 10.1 Å². The molecule has 0 heterocycles. The van der Waals surface area contributed by atoms with Gasteiger partial charge in [-0.25, -0.2) is 4.39 Å². The molecule has 0 fully saturated rings. The Morgan fingerprint density at radius 2 is 1.59 bits per heavy atom. The van der Waals surface area contributed by atoms with Crippen molar-refractivity contribution in [3.05, 3.63) is 119 Å². The number of nitrogens with one attached hydrogen (secondary N) is 1. The van der Waals surface area contributed by atoms with E-state index in [4.69, 9.17) is 20.9 Å². The molecule has 0 aromatic heterocycles. The second kappa shape index (κ2) is 15.0. The third-order valence-electron chi connectivity index (χ3n) is 7.19. The average Bonchev–Trinajstić information content (AvgIpc) is 2.99. The molecule has 0 aliphatic carbocycles. The van der Waals surface area contributed by atoms with E-state index in [9.17, 15) is 22.4 Å². The first-order chi connectivity index (χ1) is 21.7. The fraction of sp³-hybridized carbons (Fsp3) is 0.278. The lowest BCUT2D eigenvalue weighted by molar-refractivity contribution is -0.117. The quantitative estimate of drug-likeness (QED) is 0.110. The van der Waals surface area contributed by atoms with E-state index >= 15 is 0 Å². The largest absolute Gasteiger partial charge is 0.493 e. The first kappa shape index (κ1) is 34.8. The molecule has 0 spiro atoms. The number of rotatable bonds is 13. The third-order valence-corrected chi connectivity index (χ3v) is 8.30. The minimum atomic E-state index is -4.13. The second-order valence-electron chi connectivity index (χ2n) is 12.4. The smallest absolute Gasteiger partial charge is 0.264 e. The molecule has 242 valence electrons. The molecule has 46 heavy (non-hydrogen) atoms. The number of carbonyl (C=O) groups excluding carboxylic acids is 2. The topological polar surface area (TPSA) is 110 Å². The highest BCUT2D eigenvalue weighted by Crippen LogP contribution is 2.31. The van der Waals surface area contributed by atoms with Crippen LogP contribution >= 0.6 is 11.6 Å². The van der Waals surface area contributed by atoms with E-state index in [1.165, 1.54) is 12.1 Å². The minimum Gasteiger partial charge on any atom is -0.493 e. The standard InChI is InChI=1S/C36H37ClFNO6S/c1-36(2,3)23-45-30-17-12-26(13-18-30)32(21-24-6-8-27(9-7-24)34(40)5-4-20-46(42,43)44)35(41)39-29-15-10-25(11-16-29)31-19-14-28(38)22-33(31)37/h6-19,22,32H,4-5,20-21,23H2,1-3H3,(H,39,41)(H,42,43,44). The van der Waals surface area contributed by atoms with Crippen LogP contribution in [-0.2, 0) is 21.3 Å². The molecule has 0 bridgehead atoms. The number of ether oxygens (including phenoxy) is 1. The molecule has 0 aliphatic rings. The van der Waals surface area contributed by atoms with Crippen LogP contribution in [0.1, 0.15) is 61.0 Å². The van der Waals surface area contributed by atoms with Gasteiger partial charge < -0.3 is 10.1 Å². The Morgan fingerprint density at radius 1 is 0.935 bits per heavy atom. The van der Waals surface area contributed by atoms with Gasteiger partial charge in [-0.05, 0) is 77.4 Å². The third kappa shape index (κ3) is 10.5. The number of ketones is 1. The molecule has 1 unspecified atom stereocenters. The molecule has 1 amide bonds. The number of Topliss-reactive ketones (excluding diaryl/α,β-unsaturated/α-hetero) is 1. The summed E-state index contributed by atoms with van der Waals surface area (Å²) in [5.41, 5.74) is 4.04. The van der Waals surface area contributed by atoms with Gasteiger partial charge in [-0.1, -0.05) is 80.9 Å². The normalized spacial score (nSPS) is 12.4. The molecule has 0 saturated heterocycles. The molecule has 10 heteroatoms. The van der Waals surface area contributed by atoms with Crippen molar-refractivity contribution >= 4 is 39.1 Å². The highest BCUT2D eigenvalue weighted by atomic mass is 35.5. The number of halogens is 2. The Bertz CT molecular complexity index is 1770. The Hall–Kier alpha value is -4.05. The maximum absolute atomic E-state index is 13.8. The van der Waals surface area contributed by atoms with Crippen molar-refractivity contribution in [3.63, 3.8) is 0 Å². The van der Waals surface area contributed by atoms with Crippen LogP contribution in [0.15, 0.2) is 91.0 Å². The van der Waals surface area contributed by atoms with Crippen LogP contribution in [0.5, 0.6) is 5.75 Å². The van der Waals surface area contributed by atoms with E-state index in [1.807, 2.05) is 24.3 Å². The fourth-order valence-corrected chi connectivity index (χ4v) is 5.55. The van der Waals surface area contributed by atoms with E-state index in [0.29, 0.717) is 35.6 Å². The number of amides is 1. The van der Waals surface area contributed by atoms with Crippen LogP contribution in [0.25, 0.3) is 11.1 Å². The molecular weight excluding hydrogens is 629 g/mol. The average molecular weight is 666 g/mol. The van der Waals surface area contributed by atoms with Crippen molar-refractivity contribution < 1.29 is 31.7 Å². The van der Waals surface area contributed by atoms with Crippen LogP contribution in [0.2, 0.25) is 5.02 Å². The zero-order valence-electron chi connectivity index (χ0n) is 25.9. The number of hydrogen-bond acceptors (Lipinski definition) is 5. The van der Waals surface area contributed by atoms with Gasteiger partial charge in [0.05, 0.1) is 23.3 Å². The molecule has 0 saturated carbocycles. The molecule has 4 rings (SSSR count). The van der Waals surface area contributed by atoms with Crippen LogP contribution in [0.3, 0.4) is 0 Å². The van der Waals surface area contributed by atoms with Crippen molar-refractivity contribution in [2.75, 3.05) is 17.7 Å². The first-order valence-electron chi connectivity index (χ1n) is 14.8. The Labute approximate surface area is 274 Å². The minimum absolute atomic E-state index is 0.0112. The number of benzene rings is 4. The molecule has 0 radical (unpaired) electrons. The number of carbonyl (C=O) groups is 2. The van der Waals surface area contributed by atoms with Gasteiger partial charge in [0.25, 0.3) is 10.1 Å². The summed E-state index contributed by atoms with van der Waals surface area (Å²) < 4.78 is 50.2. The SMILES string of the molecule is CC(C)(C)COc1ccc(C(Cc2ccc(C(=O)CCCS(=O)(=O)O)cc2)C(=O)Nc2ccc(-c3ccc(F)cc3Cl)cc2)cc1. The Morgan fingerprint density at radius 3 is 2.17 bits per heavy atom. The van der Waals surface area contributed by atoms with E-state index in [1.54, 1.807) is 54.6 Å². The maximum Gasteiger partial charge on any atom is 0.264 e. The van der Waals surface area contributed by atoms with Crippen molar-refractivity contribution in [3.8, 4) is 16.9 Å². The summed E-state index contributed by atoms with van der Waals surface area (Å²) in [6, 6.07) is 25.6. The van der Waals surface area contributed by atoms with E-state index in [0.717, 1.165) is 16.7 Å². The maximum atomic E-state index is 13.8. The Balaban J connectivity index is 1.52. The molecule has 4 aromatic carbocycles. The summed E-state index contributed by atoms with van der Waals surface area (Å²) in [7, 11) is -4.13. The number of anilines is 1. The molecule has 4 aromatic rings. The summed E-state index contributed by atoms with van der Waals surface area (Å²) in [6.45, 7) is 6.79. The molecule has 0 aliphatic heterocycles. The van der Waals surface area contributed by atoms with Gasteiger partial charge in [0, 0.05) is 23.2 Å². The summed E-state index contributed by atoms with van der Waals surface area (Å²) >= 11 is 6.22. The van der Waals surface area contributed by atoms with Crippen molar-refractivity contribution in [2.45, 2.75) is 46.0 Å². The van der Waals surface area contributed by atoms with Gasteiger partial charge in [-0.3, -0.25) is 14.1 Å². The molecular formula is C36H37ClFNO6S. The van der Waals surface area contributed by atoms with Crippen molar-refractivity contribution in [2.24, 2.45) is 5.41 Å². The highest BCUT2D eigenvalue weighted by molar-refractivity contribution is 7.85. The van der Waals surface area contributed by atoms with Gasteiger partial charge in [0.2, 0.25) is 5.91 Å². The lowest BCUT2D eigenvalue weighted by Crippen LogP contribution is -2.23. The van der Waals surface area contributed by atoms with E-state index in [-0.39, 0.29) is 35.0 Å². The second-order valence-corrected chi connectivity index (χ2v) is 14.4. The van der Waals surface area contributed by atoms with Crippen molar-refractivity contribution in [1.82, 2.24) is 0 Å².